The van der Waals surface area contributed by atoms with Crippen LogP contribution in [-0.4, -0.2) is 4.89 Å². The Hall–Kier alpha value is -1.57. The summed E-state index contributed by atoms with van der Waals surface area (Å²) >= 11 is 0. The maximum atomic E-state index is 12.6. The molecule has 1 aliphatic rings. The summed E-state index contributed by atoms with van der Waals surface area (Å²) in [6.45, 7) is 4.14. The molecule has 4 heteroatoms. The van der Waals surface area contributed by atoms with Crippen molar-refractivity contribution in [2.24, 2.45) is 0 Å². The van der Waals surface area contributed by atoms with Crippen molar-refractivity contribution in [1.29, 1.82) is 0 Å². The fraction of sp³-hybridized carbons (Fsp3) is 0.250. The summed E-state index contributed by atoms with van der Waals surface area (Å²) in [5, 5.41) is 0.466. The highest BCUT2D eigenvalue weighted by Crippen LogP contribution is 2.53. The van der Waals surface area contributed by atoms with Crippen LogP contribution >= 0.6 is 7.60 Å². The maximum absolute atomic E-state index is 12.6. The van der Waals surface area contributed by atoms with E-state index in [1.807, 2.05) is 36.4 Å². The zero-order valence-electron chi connectivity index (χ0n) is 11.5. The average molecular weight is 288 g/mol. The van der Waals surface area contributed by atoms with Gasteiger partial charge < -0.3 is 9.42 Å². The second-order valence-electron chi connectivity index (χ2n) is 5.16. The van der Waals surface area contributed by atoms with E-state index in [1.54, 1.807) is 6.07 Å². The van der Waals surface area contributed by atoms with Crippen molar-refractivity contribution in [3.8, 4) is 16.9 Å². The topological polar surface area (TPSA) is 46.5 Å². The van der Waals surface area contributed by atoms with Crippen molar-refractivity contribution in [2.45, 2.75) is 26.2 Å². The van der Waals surface area contributed by atoms with Gasteiger partial charge in [0.05, 0.1) is 5.30 Å². The van der Waals surface area contributed by atoms with Gasteiger partial charge in [-0.3, -0.25) is 0 Å². The third-order valence-corrected chi connectivity index (χ3v) is 5.40. The number of rotatable bonds is 2. The van der Waals surface area contributed by atoms with E-state index >= 15 is 0 Å². The predicted octanol–water partition coefficient (Wildman–Crippen LogP) is 4.07. The van der Waals surface area contributed by atoms with Crippen LogP contribution in [0.4, 0.5) is 0 Å². The van der Waals surface area contributed by atoms with Crippen LogP contribution in [-0.2, 0) is 4.57 Å². The molecule has 0 saturated heterocycles. The molecule has 0 fully saturated rings. The molecule has 1 heterocycles. The van der Waals surface area contributed by atoms with Gasteiger partial charge in [0.1, 0.15) is 5.75 Å². The van der Waals surface area contributed by atoms with Crippen LogP contribution in [0.3, 0.4) is 0 Å². The normalized spacial score (nSPS) is 21.6. The molecule has 2 unspecified atom stereocenters. The Labute approximate surface area is 118 Å². The average Bonchev–Trinajstić information content (AvgIpc) is 2.45. The number of benzene rings is 2. The molecule has 0 spiro atoms. The quantitative estimate of drug-likeness (QED) is 0.847. The van der Waals surface area contributed by atoms with Crippen molar-refractivity contribution in [3.05, 3.63) is 48.0 Å². The number of hydrogen-bond acceptors (Lipinski definition) is 2. The third-order valence-electron chi connectivity index (χ3n) is 3.89. The molecule has 2 atom stereocenters. The molecule has 104 valence electrons. The van der Waals surface area contributed by atoms with Gasteiger partial charge in [-0.1, -0.05) is 50.2 Å². The Morgan fingerprint density at radius 1 is 1.15 bits per heavy atom. The first-order chi connectivity index (χ1) is 9.54. The van der Waals surface area contributed by atoms with E-state index < -0.39 is 7.60 Å². The van der Waals surface area contributed by atoms with E-state index in [2.05, 4.69) is 13.8 Å². The van der Waals surface area contributed by atoms with Crippen molar-refractivity contribution in [2.75, 3.05) is 0 Å². The Morgan fingerprint density at radius 2 is 1.85 bits per heavy atom. The summed E-state index contributed by atoms with van der Waals surface area (Å²) in [4.78, 5) is 10.3. The summed E-state index contributed by atoms with van der Waals surface area (Å²) in [7, 11) is -3.81. The van der Waals surface area contributed by atoms with Gasteiger partial charge in [-0.25, -0.2) is 4.57 Å². The summed E-state index contributed by atoms with van der Waals surface area (Å²) in [5.74, 6) is 0.700. The molecule has 0 radical (unpaired) electrons. The highest BCUT2D eigenvalue weighted by atomic mass is 31.2. The minimum Gasteiger partial charge on any atom is -0.421 e. The number of fused-ring (bicyclic) bond motifs is 3. The lowest BCUT2D eigenvalue weighted by Crippen LogP contribution is -2.22. The summed E-state index contributed by atoms with van der Waals surface area (Å²) in [5.41, 5.74) is 2.61. The van der Waals surface area contributed by atoms with E-state index in [0.29, 0.717) is 11.1 Å². The molecule has 0 aromatic heterocycles. The van der Waals surface area contributed by atoms with E-state index in [1.165, 1.54) is 0 Å². The Morgan fingerprint density at radius 3 is 2.60 bits per heavy atom. The fourth-order valence-corrected chi connectivity index (χ4v) is 4.30. The van der Waals surface area contributed by atoms with Crippen LogP contribution in [0.25, 0.3) is 11.1 Å². The van der Waals surface area contributed by atoms with Gasteiger partial charge in [0, 0.05) is 11.1 Å². The Balaban J connectivity index is 2.33. The molecular formula is C16H17O3P. The maximum Gasteiger partial charge on any atom is 0.409 e. The summed E-state index contributed by atoms with van der Waals surface area (Å²) in [6, 6.07) is 13.1. The molecule has 2 aromatic carbocycles. The molecule has 3 rings (SSSR count). The monoisotopic (exact) mass is 288 g/mol. The molecule has 0 bridgehead atoms. The molecule has 3 nitrogen and oxygen atoms in total. The van der Waals surface area contributed by atoms with Crippen LogP contribution in [0.15, 0.2) is 42.5 Å². The first kappa shape index (κ1) is 13.4. The minimum absolute atomic E-state index is 0.222. The highest BCUT2D eigenvalue weighted by Gasteiger charge is 2.37. The molecule has 1 N–H and O–H groups in total. The van der Waals surface area contributed by atoms with Crippen LogP contribution in [0.2, 0.25) is 0 Å². The molecule has 0 aliphatic carbocycles. The van der Waals surface area contributed by atoms with Gasteiger partial charge in [-0.15, -0.1) is 0 Å². The molecule has 20 heavy (non-hydrogen) atoms. The van der Waals surface area contributed by atoms with E-state index in [-0.39, 0.29) is 5.92 Å². The molecule has 1 aliphatic heterocycles. The van der Waals surface area contributed by atoms with Crippen molar-refractivity contribution in [3.63, 3.8) is 0 Å². The second-order valence-corrected chi connectivity index (χ2v) is 6.83. The van der Waals surface area contributed by atoms with Crippen molar-refractivity contribution >= 4 is 12.9 Å². The fourth-order valence-electron chi connectivity index (χ4n) is 2.66. The lowest BCUT2D eigenvalue weighted by atomic mass is 9.94. The number of hydrogen-bond donors (Lipinski definition) is 1. The summed E-state index contributed by atoms with van der Waals surface area (Å²) < 4.78 is 18.0. The second kappa shape index (κ2) is 4.76. The van der Waals surface area contributed by atoms with E-state index in [9.17, 15) is 9.46 Å². The zero-order chi connectivity index (χ0) is 14.3. The first-order valence-corrected chi connectivity index (χ1v) is 8.37. The zero-order valence-corrected chi connectivity index (χ0v) is 12.4. The van der Waals surface area contributed by atoms with Gasteiger partial charge in [-0.05, 0) is 24.0 Å². The van der Waals surface area contributed by atoms with Gasteiger partial charge in [-0.2, -0.15) is 0 Å². The van der Waals surface area contributed by atoms with Crippen LogP contribution < -0.4 is 9.83 Å². The lowest BCUT2D eigenvalue weighted by Gasteiger charge is -2.28. The summed E-state index contributed by atoms with van der Waals surface area (Å²) in [6.07, 6.45) is 0.915. The van der Waals surface area contributed by atoms with Crippen molar-refractivity contribution < 1.29 is 14.0 Å². The predicted molar refractivity (Wildman–Crippen MR) is 80.7 cm³/mol. The van der Waals surface area contributed by atoms with Gasteiger partial charge in [0.25, 0.3) is 0 Å². The smallest absolute Gasteiger partial charge is 0.409 e. The molecule has 2 aromatic rings. The Bertz CT molecular complexity index is 709. The first-order valence-electron chi connectivity index (χ1n) is 6.80. The van der Waals surface area contributed by atoms with Gasteiger partial charge in [0.2, 0.25) is 0 Å². The molecule has 0 amide bonds. The Kier molecular flexibility index (Phi) is 3.19. The molecular weight excluding hydrogens is 271 g/mol. The minimum atomic E-state index is -3.81. The van der Waals surface area contributed by atoms with E-state index in [4.69, 9.17) is 4.52 Å². The van der Waals surface area contributed by atoms with Crippen LogP contribution in [0.1, 0.15) is 31.7 Å². The standard InChI is InChI=1S/C16H17O3P/c1-3-11(2)12-8-6-9-14-13-7-4-5-10-15(13)19-20(17,18)16(12)14/h4-11H,3H2,1-2H3,(H,17,18). The number of para-hydroxylation sites is 1. The highest BCUT2D eigenvalue weighted by molar-refractivity contribution is 7.62. The SMILES string of the molecule is CCC(C)c1cccc2c1P(=O)(O)Oc1ccccc1-2. The lowest BCUT2D eigenvalue weighted by molar-refractivity contribution is 0.391. The molecule has 0 saturated carbocycles. The van der Waals surface area contributed by atoms with Gasteiger partial charge in [0.15, 0.2) is 0 Å². The largest absolute Gasteiger partial charge is 0.421 e. The third kappa shape index (κ3) is 1.98. The van der Waals surface area contributed by atoms with Crippen LogP contribution in [0.5, 0.6) is 5.75 Å². The van der Waals surface area contributed by atoms with Gasteiger partial charge >= 0.3 is 7.60 Å². The van der Waals surface area contributed by atoms with Crippen LogP contribution in [0, 0.1) is 0 Å². The van der Waals surface area contributed by atoms with E-state index in [0.717, 1.165) is 23.1 Å². The van der Waals surface area contributed by atoms with Crippen molar-refractivity contribution in [1.82, 2.24) is 0 Å².